The van der Waals surface area contributed by atoms with E-state index in [0.717, 1.165) is 30.8 Å². The molecule has 1 aliphatic carbocycles. The van der Waals surface area contributed by atoms with Gasteiger partial charge >= 0.3 is 0 Å². The van der Waals surface area contributed by atoms with E-state index in [2.05, 4.69) is 25.7 Å². The fraction of sp³-hybridized carbons (Fsp3) is 0.500. The number of nitrogens with zero attached hydrogens (tertiary/aromatic N) is 5. The topological polar surface area (TPSA) is 75.9 Å². The van der Waals surface area contributed by atoms with Crippen LogP contribution in [0.3, 0.4) is 0 Å². The van der Waals surface area contributed by atoms with Crippen LogP contribution < -0.4 is 5.32 Å². The maximum absolute atomic E-state index is 12.7. The molecule has 0 spiro atoms. The fourth-order valence-electron chi connectivity index (χ4n) is 3.46. The number of anilines is 1. The lowest BCUT2D eigenvalue weighted by Gasteiger charge is -2.38. The molecule has 2 heterocycles. The summed E-state index contributed by atoms with van der Waals surface area (Å²) in [5.41, 5.74) is 1.61. The first kappa shape index (κ1) is 14.3. The van der Waals surface area contributed by atoms with E-state index in [1.54, 1.807) is 4.68 Å². The van der Waals surface area contributed by atoms with Crippen LogP contribution in [-0.4, -0.2) is 49.6 Å². The van der Waals surface area contributed by atoms with Crippen LogP contribution >= 0.6 is 0 Å². The summed E-state index contributed by atoms with van der Waals surface area (Å²) in [7, 11) is 0. The summed E-state index contributed by atoms with van der Waals surface area (Å²) in [6.45, 7) is 1.05. The van der Waals surface area contributed by atoms with Gasteiger partial charge < -0.3 is 5.32 Å². The molecule has 120 valence electrons. The van der Waals surface area contributed by atoms with Gasteiger partial charge in [-0.25, -0.2) is 4.68 Å². The summed E-state index contributed by atoms with van der Waals surface area (Å²) in [5.74, 6) is 0.100. The summed E-state index contributed by atoms with van der Waals surface area (Å²) in [6.07, 6.45) is 7.37. The van der Waals surface area contributed by atoms with Crippen LogP contribution in [0, 0.1) is 0 Å². The summed E-state index contributed by atoms with van der Waals surface area (Å²) < 4.78 is 1.58. The van der Waals surface area contributed by atoms with Crippen LogP contribution in [0.25, 0.3) is 5.69 Å². The number of nitrogens with one attached hydrogen (secondary N) is 1. The molecule has 4 rings (SSSR count). The van der Waals surface area contributed by atoms with E-state index in [-0.39, 0.29) is 11.9 Å². The molecule has 2 aliphatic rings. The minimum Gasteiger partial charge on any atom is -0.325 e. The molecule has 7 nitrogen and oxygen atoms in total. The quantitative estimate of drug-likeness (QED) is 0.928. The fourth-order valence-corrected chi connectivity index (χ4v) is 3.46. The standard InChI is InChI=1S/C16H20N6O/c23-16(15-8-3-9-21(15)13-5-2-6-13)18-12-4-1-7-14(10-12)22-11-17-19-20-22/h1,4,7,10-11,13,15H,2-3,5-6,8-9H2,(H,18,23)/t15-/m1/s1. The molecule has 1 atom stereocenters. The van der Waals surface area contributed by atoms with E-state index in [0.29, 0.717) is 6.04 Å². The number of amides is 1. The molecule has 7 heteroatoms. The molecule has 0 bridgehead atoms. The van der Waals surface area contributed by atoms with Gasteiger partial charge in [0, 0.05) is 11.7 Å². The van der Waals surface area contributed by atoms with Crippen LogP contribution in [0.5, 0.6) is 0 Å². The largest absolute Gasteiger partial charge is 0.325 e. The van der Waals surface area contributed by atoms with Crippen LogP contribution in [0.4, 0.5) is 5.69 Å². The predicted octanol–water partition coefficient (Wildman–Crippen LogP) is 1.62. The number of rotatable bonds is 4. The Hall–Kier alpha value is -2.28. The summed E-state index contributed by atoms with van der Waals surface area (Å²) in [6, 6.07) is 8.20. The van der Waals surface area contributed by atoms with Crippen molar-refractivity contribution in [1.82, 2.24) is 25.1 Å². The van der Waals surface area contributed by atoms with Gasteiger partial charge in [-0.15, -0.1) is 5.10 Å². The van der Waals surface area contributed by atoms with Gasteiger partial charge in [0.1, 0.15) is 6.33 Å². The van der Waals surface area contributed by atoms with Crippen molar-refractivity contribution < 1.29 is 4.79 Å². The van der Waals surface area contributed by atoms with Crippen LogP contribution in [-0.2, 0) is 4.79 Å². The number of hydrogen-bond acceptors (Lipinski definition) is 5. The van der Waals surface area contributed by atoms with Gasteiger partial charge in [-0.3, -0.25) is 9.69 Å². The molecule has 1 saturated heterocycles. The zero-order valence-corrected chi connectivity index (χ0v) is 12.9. The van der Waals surface area contributed by atoms with Crippen LogP contribution in [0.2, 0.25) is 0 Å². The first-order valence-electron chi connectivity index (χ1n) is 8.21. The molecule has 0 unspecified atom stereocenters. The van der Waals surface area contributed by atoms with Gasteiger partial charge in [-0.2, -0.15) is 0 Å². The normalized spacial score (nSPS) is 22.0. The van der Waals surface area contributed by atoms with Crippen LogP contribution in [0.15, 0.2) is 30.6 Å². The van der Waals surface area contributed by atoms with E-state index >= 15 is 0 Å². The number of carbonyl (C=O) groups excluding carboxylic acids is 1. The Morgan fingerprint density at radius 3 is 2.87 bits per heavy atom. The Balaban J connectivity index is 1.47. The monoisotopic (exact) mass is 312 g/mol. The molecule has 1 aliphatic heterocycles. The first-order chi connectivity index (χ1) is 11.3. The van der Waals surface area contributed by atoms with Crippen molar-refractivity contribution in [2.45, 2.75) is 44.2 Å². The highest BCUT2D eigenvalue weighted by molar-refractivity contribution is 5.95. The molecule has 2 aromatic rings. The maximum atomic E-state index is 12.7. The Kier molecular flexibility index (Phi) is 3.78. The minimum atomic E-state index is 0.0111. The average molecular weight is 312 g/mol. The van der Waals surface area contributed by atoms with Gasteiger partial charge in [0.2, 0.25) is 5.91 Å². The van der Waals surface area contributed by atoms with E-state index in [9.17, 15) is 4.79 Å². The molecule has 1 aromatic carbocycles. The van der Waals surface area contributed by atoms with Crippen molar-refractivity contribution >= 4 is 11.6 Å². The Morgan fingerprint density at radius 1 is 1.22 bits per heavy atom. The zero-order chi connectivity index (χ0) is 15.6. The van der Waals surface area contributed by atoms with Crippen molar-refractivity contribution in [3.8, 4) is 5.69 Å². The Labute approximate surface area is 134 Å². The highest BCUT2D eigenvalue weighted by Gasteiger charge is 2.37. The van der Waals surface area contributed by atoms with E-state index in [1.807, 2.05) is 24.3 Å². The molecule has 1 N–H and O–H groups in total. The summed E-state index contributed by atoms with van der Waals surface area (Å²) in [4.78, 5) is 15.1. The van der Waals surface area contributed by atoms with Crippen molar-refractivity contribution in [2.24, 2.45) is 0 Å². The molecule has 1 aromatic heterocycles. The second-order valence-electron chi connectivity index (χ2n) is 6.27. The molecule has 23 heavy (non-hydrogen) atoms. The number of aromatic nitrogens is 4. The van der Waals surface area contributed by atoms with Gasteiger partial charge in [-0.05, 0) is 60.9 Å². The maximum Gasteiger partial charge on any atom is 0.241 e. The van der Waals surface area contributed by atoms with Gasteiger partial charge in [0.15, 0.2) is 0 Å². The average Bonchev–Trinajstić information content (AvgIpc) is 3.17. The highest BCUT2D eigenvalue weighted by atomic mass is 16.2. The Morgan fingerprint density at radius 2 is 2.13 bits per heavy atom. The number of tetrazole rings is 1. The van der Waals surface area contributed by atoms with E-state index in [1.165, 1.54) is 25.6 Å². The number of carbonyl (C=O) groups is 1. The van der Waals surface area contributed by atoms with Crippen LogP contribution in [0.1, 0.15) is 32.1 Å². The van der Waals surface area contributed by atoms with E-state index in [4.69, 9.17) is 0 Å². The van der Waals surface area contributed by atoms with Gasteiger partial charge in [0.25, 0.3) is 0 Å². The first-order valence-corrected chi connectivity index (χ1v) is 8.21. The second kappa shape index (κ2) is 6.08. The summed E-state index contributed by atoms with van der Waals surface area (Å²) >= 11 is 0. The number of hydrogen-bond donors (Lipinski definition) is 1. The smallest absolute Gasteiger partial charge is 0.241 e. The molecule has 1 amide bonds. The molecular weight excluding hydrogens is 292 g/mol. The van der Waals surface area contributed by atoms with E-state index < -0.39 is 0 Å². The number of likely N-dealkylation sites (tertiary alicyclic amines) is 1. The second-order valence-corrected chi connectivity index (χ2v) is 6.27. The third-order valence-corrected chi connectivity index (χ3v) is 4.87. The minimum absolute atomic E-state index is 0.0111. The van der Waals surface area contributed by atoms with Crippen molar-refractivity contribution in [3.05, 3.63) is 30.6 Å². The summed E-state index contributed by atoms with van der Waals surface area (Å²) in [5, 5.41) is 14.2. The number of benzene rings is 1. The van der Waals surface area contributed by atoms with Gasteiger partial charge in [-0.1, -0.05) is 12.5 Å². The highest BCUT2D eigenvalue weighted by Crippen LogP contribution is 2.31. The lowest BCUT2D eigenvalue weighted by Crippen LogP contribution is -2.48. The van der Waals surface area contributed by atoms with Crippen molar-refractivity contribution in [1.29, 1.82) is 0 Å². The van der Waals surface area contributed by atoms with Gasteiger partial charge in [0.05, 0.1) is 11.7 Å². The van der Waals surface area contributed by atoms with Crippen molar-refractivity contribution in [2.75, 3.05) is 11.9 Å². The molecular formula is C16H20N6O. The lowest BCUT2D eigenvalue weighted by molar-refractivity contribution is -0.121. The predicted molar refractivity (Wildman–Crippen MR) is 85.2 cm³/mol. The zero-order valence-electron chi connectivity index (χ0n) is 12.9. The SMILES string of the molecule is O=C(Nc1cccc(-n2cnnn2)c1)[C@H]1CCCN1C1CCC1. The third kappa shape index (κ3) is 2.84. The molecule has 1 saturated carbocycles. The van der Waals surface area contributed by atoms with Crippen molar-refractivity contribution in [3.63, 3.8) is 0 Å². The molecule has 0 radical (unpaired) electrons. The lowest BCUT2D eigenvalue weighted by atomic mass is 9.91. The third-order valence-electron chi connectivity index (χ3n) is 4.87. The molecule has 2 fully saturated rings. The Bertz CT molecular complexity index is 682.